The van der Waals surface area contributed by atoms with E-state index in [9.17, 15) is 9.18 Å². The van der Waals surface area contributed by atoms with Gasteiger partial charge in [-0.25, -0.2) is 4.39 Å². The summed E-state index contributed by atoms with van der Waals surface area (Å²) in [5.41, 5.74) is 8.15. The molecule has 1 atom stereocenters. The summed E-state index contributed by atoms with van der Waals surface area (Å²) < 4.78 is 18.7. The highest BCUT2D eigenvalue weighted by Gasteiger charge is 2.23. The number of nitrogens with zero attached hydrogens (tertiary/aromatic N) is 1. The van der Waals surface area contributed by atoms with Gasteiger partial charge in [-0.1, -0.05) is 24.3 Å². The maximum absolute atomic E-state index is 13.3. The number of hydrogen-bond donors (Lipinski definition) is 2. The van der Waals surface area contributed by atoms with E-state index < -0.39 is 0 Å². The number of nitrogens with one attached hydrogen (secondary N) is 1. The van der Waals surface area contributed by atoms with E-state index >= 15 is 0 Å². The van der Waals surface area contributed by atoms with Crippen molar-refractivity contribution in [1.82, 2.24) is 10.2 Å². The summed E-state index contributed by atoms with van der Waals surface area (Å²) in [5.74, 6) is -0.396. The van der Waals surface area contributed by atoms with Crippen LogP contribution in [0.25, 0.3) is 0 Å². The van der Waals surface area contributed by atoms with Crippen molar-refractivity contribution in [2.45, 2.75) is 12.6 Å². The third kappa shape index (κ3) is 4.66. The average molecular weight is 357 g/mol. The molecule has 1 saturated heterocycles. The Morgan fingerprint density at radius 2 is 1.77 bits per heavy atom. The van der Waals surface area contributed by atoms with Crippen molar-refractivity contribution in [1.29, 1.82) is 0 Å². The fraction of sp³-hybridized carbons (Fsp3) is 0.350. The number of nitrogens with two attached hydrogens (primary N) is 1. The lowest BCUT2D eigenvalue weighted by molar-refractivity contribution is 0.0162. The maximum Gasteiger partial charge on any atom is 0.251 e. The second-order valence-corrected chi connectivity index (χ2v) is 6.33. The van der Waals surface area contributed by atoms with Crippen LogP contribution in [0.1, 0.15) is 27.5 Å². The first-order valence-electron chi connectivity index (χ1n) is 8.82. The molecule has 0 radical (unpaired) electrons. The van der Waals surface area contributed by atoms with Gasteiger partial charge in [-0.15, -0.1) is 0 Å². The number of carbonyl (C=O) groups excluding carboxylic acids is 1. The van der Waals surface area contributed by atoms with E-state index in [1.54, 1.807) is 24.3 Å². The third-order valence-corrected chi connectivity index (χ3v) is 4.65. The molecule has 1 unspecified atom stereocenters. The van der Waals surface area contributed by atoms with Crippen molar-refractivity contribution in [2.75, 3.05) is 32.8 Å². The average Bonchev–Trinajstić information content (AvgIpc) is 2.70. The van der Waals surface area contributed by atoms with E-state index in [0.717, 1.165) is 24.2 Å². The number of rotatable bonds is 6. The van der Waals surface area contributed by atoms with Gasteiger partial charge in [0, 0.05) is 31.7 Å². The van der Waals surface area contributed by atoms with Gasteiger partial charge in [0.1, 0.15) is 5.82 Å². The molecule has 1 aliphatic heterocycles. The summed E-state index contributed by atoms with van der Waals surface area (Å²) in [6.45, 7) is 3.78. The van der Waals surface area contributed by atoms with E-state index in [1.807, 2.05) is 12.1 Å². The summed E-state index contributed by atoms with van der Waals surface area (Å²) in [6.07, 6.45) is 0. The van der Waals surface area contributed by atoms with Crippen LogP contribution in [0.3, 0.4) is 0 Å². The first-order valence-corrected chi connectivity index (χ1v) is 8.82. The maximum atomic E-state index is 13.3. The molecule has 1 heterocycles. The Hall–Kier alpha value is -2.28. The lowest BCUT2D eigenvalue weighted by atomic mass is 10.0. The molecular formula is C20H24FN3O2. The summed E-state index contributed by atoms with van der Waals surface area (Å²) in [6, 6.07) is 13.7. The van der Waals surface area contributed by atoms with Crippen molar-refractivity contribution < 1.29 is 13.9 Å². The van der Waals surface area contributed by atoms with Gasteiger partial charge in [-0.3, -0.25) is 9.69 Å². The number of amides is 1. The van der Waals surface area contributed by atoms with Crippen LogP contribution in [0.2, 0.25) is 0 Å². The number of ether oxygens (including phenoxy) is 1. The molecule has 5 nitrogen and oxygen atoms in total. The van der Waals surface area contributed by atoms with Gasteiger partial charge in [0.25, 0.3) is 5.91 Å². The Labute approximate surface area is 152 Å². The molecule has 0 aromatic heterocycles. The van der Waals surface area contributed by atoms with Crippen molar-refractivity contribution >= 4 is 5.91 Å². The summed E-state index contributed by atoms with van der Waals surface area (Å²) >= 11 is 0. The lowest BCUT2D eigenvalue weighted by Gasteiger charge is -2.35. The first kappa shape index (κ1) is 18.5. The van der Waals surface area contributed by atoms with E-state index in [0.29, 0.717) is 31.9 Å². The van der Waals surface area contributed by atoms with E-state index in [1.165, 1.54) is 12.1 Å². The number of halogens is 1. The lowest BCUT2D eigenvalue weighted by Crippen LogP contribution is -2.43. The summed E-state index contributed by atoms with van der Waals surface area (Å²) in [4.78, 5) is 14.7. The Bertz CT molecular complexity index is 713. The van der Waals surface area contributed by atoms with Crippen molar-refractivity contribution in [3.8, 4) is 0 Å². The van der Waals surface area contributed by atoms with E-state index in [-0.39, 0.29) is 17.8 Å². The zero-order valence-corrected chi connectivity index (χ0v) is 14.7. The van der Waals surface area contributed by atoms with Crippen LogP contribution >= 0.6 is 0 Å². The Kier molecular flexibility index (Phi) is 6.33. The van der Waals surface area contributed by atoms with Crippen LogP contribution in [-0.4, -0.2) is 43.7 Å². The van der Waals surface area contributed by atoms with Crippen molar-refractivity contribution in [2.24, 2.45) is 5.73 Å². The summed E-state index contributed by atoms with van der Waals surface area (Å²) in [7, 11) is 0. The smallest absolute Gasteiger partial charge is 0.251 e. The molecule has 1 amide bonds. The highest BCUT2D eigenvalue weighted by atomic mass is 19.1. The van der Waals surface area contributed by atoms with Crippen LogP contribution in [0, 0.1) is 5.82 Å². The topological polar surface area (TPSA) is 67.6 Å². The minimum Gasteiger partial charge on any atom is -0.379 e. The minimum atomic E-state index is -0.265. The van der Waals surface area contributed by atoms with Crippen LogP contribution in [0.4, 0.5) is 4.39 Å². The summed E-state index contributed by atoms with van der Waals surface area (Å²) in [5, 5.41) is 3.00. The Morgan fingerprint density at radius 1 is 1.12 bits per heavy atom. The molecule has 138 valence electrons. The number of hydrogen-bond acceptors (Lipinski definition) is 4. The molecule has 6 heteroatoms. The molecule has 0 saturated carbocycles. The molecule has 0 bridgehead atoms. The van der Waals surface area contributed by atoms with Crippen LogP contribution < -0.4 is 11.1 Å². The second-order valence-electron chi connectivity index (χ2n) is 6.33. The number of carbonyl (C=O) groups is 1. The van der Waals surface area contributed by atoms with Crippen molar-refractivity contribution in [3.63, 3.8) is 0 Å². The highest BCUT2D eigenvalue weighted by Crippen LogP contribution is 2.22. The molecule has 2 aromatic carbocycles. The molecule has 1 fully saturated rings. The highest BCUT2D eigenvalue weighted by molar-refractivity contribution is 5.94. The molecule has 2 aromatic rings. The Morgan fingerprint density at radius 3 is 2.38 bits per heavy atom. The molecule has 3 rings (SSSR count). The van der Waals surface area contributed by atoms with E-state index in [4.69, 9.17) is 10.5 Å². The standard InChI is InChI=1S/C20H24FN3O2/c21-18-7-5-16(6-8-18)19(24-9-11-26-12-10-24)14-23-20(25)17-3-1-15(13-22)2-4-17/h1-8,19H,9-14,22H2,(H,23,25). The fourth-order valence-corrected chi connectivity index (χ4v) is 3.12. The minimum absolute atomic E-state index is 0.0215. The molecule has 26 heavy (non-hydrogen) atoms. The van der Waals surface area contributed by atoms with Gasteiger partial charge >= 0.3 is 0 Å². The van der Waals surface area contributed by atoms with Crippen LogP contribution in [0.15, 0.2) is 48.5 Å². The van der Waals surface area contributed by atoms with Gasteiger partial charge in [0.15, 0.2) is 0 Å². The van der Waals surface area contributed by atoms with Gasteiger partial charge in [-0.05, 0) is 35.4 Å². The van der Waals surface area contributed by atoms with Gasteiger partial charge < -0.3 is 15.8 Å². The predicted molar refractivity (Wildman–Crippen MR) is 98.2 cm³/mol. The monoisotopic (exact) mass is 357 g/mol. The SMILES string of the molecule is NCc1ccc(C(=O)NCC(c2ccc(F)cc2)N2CCOCC2)cc1. The quantitative estimate of drug-likeness (QED) is 0.831. The predicted octanol–water partition coefficient (Wildman–Crippen LogP) is 2.09. The fourth-order valence-electron chi connectivity index (χ4n) is 3.12. The molecule has 0 spiro atoms. The Balaban J connectivity index is 1.70. The normalized spacial score (nSPS) is 16.2. The van der Waals surface area contributed by atoms with Gasteiger partial charge in [0.2, 0.25) is 0 Å². The number of morpholine rings is 1. The van der Waals surface area contributed by atoms with E-state index in [2.05, 4.69) is 10.2 Å². The van der Waals surface area contributed by atoms with Crippen molar-refractivity contribution in [3.05, 3.63) is 71.0 Å². The zero-order valence-electron chi connectivity index (χ0n) is 14.7. The second kappa shape index (κ2) is 8.89. The zero-order chi connectivity index (χ0) is 18.4. The molecule has 0 aliphatic carbocycles. The van der Waals surface area contributed by atoms with Crippen LogP contribution in [0.5, 0.6) is 0 Å². The first-order chi connectivity index (χ1) is 12.7. The third-order valence-electron chi connectivity index (χ3n) is 4.65. The van der Waals surface area contributed by atoms with Crippen LogP contribution in [-0.2, 0) is 11.3 Å². The molecular weight excluding hydrogens is 333 g/mol. The molecule has 3 N–H and O–H groups in total. The molecule has 1 aliphatic rings. The largest absolute Gasteiger partial charge is 0.379 e. The number of benzene rings is 2. The van der Waals surface area contributed by atoms with Gasteiger partial charge in [-0.2, -0.15) is 0 Å². The van der Waals surface area contributed by atoms with Gasteiger partial charge in [0.05, 0.1) is 19.3 Å².